The van der Waals surface area contributed by atoms with Gasteiger partial charge in [-0.25, -0.2) is 0 Å². The summed E-state index contributed by atoms with van der Waals surface area (Å²) in [7, 11) is 2.04. The van der Waals surface area contributed by atoms with Crippen LogP contribution >= 0.6 is 11.6 Å². The number of halogens is 1. The molecule has 0 unspecified atom stereocenters. The number of rotatable bonds is 3. The maximum Gasteiger partial charge on any atom is 0.0966 e. The number of hydrogen-bond donors (Lipinski definition) is 2. The lowest BCUT2D eigenvalue weighted by molar-refractivity contribution is 0.443. The lowest BCUT2D eigenvalue weighted by Gasteiger charge is -2.33. The molecule has 112 valence electrons. The van der Waals surface area contributed by atoms with Crippen LogP contribution in [0.5, 0.6) is 0 Å². The van der Waals surface area contributed by atoms with Crippen molar-refractivity contribution in [3.8, 4) is 0 Å². The Morgan fingerprint density at radius 2 is 2.14 bits per heavy atom. The highest BCUT2D eigenvalue weighted by molar-refractivity contribution is 6.36. The van der Waals surface area contributed by atoms with Crippen LogP contribution in [0.15, 0.2) is 18.7 Å². The van der Waals surface area contributed by atoms with Gasteiger partial charge in [0.25, 0.3) is 0 Å². The molecule has 1 aliphatic heterocycles. The van der Waals surface area contributed by atoms with Crippen molar-refractivity contribution in [1.82, 2.24) is 15.5 Å². The molecule has 0 spiro atoms. The maximum atomic E-state index is 6.37. The summed E-state index contributed by atoms with van der Waals surface area (Å²) in [6.45, 7) is 8.03. The minimum absolute atomic E-state index is 0.622. The SMILES string of the molecule is C=C(C)c1n[nH]c2c(N3CCC(NC)CC3)ccc(Cl)c12. The lowest BCUT2D eigenvalue weighted by Crippen LogP contribution is -2.41. The van der Waals surface area contributed by atoms with E-state index in [1.807, 2.05) is 20.0 Å². The van der Waals surface area contributed by atoms with E-state index in [0.29, 0.717) is 6.04 Å². The third-order valence-corrected chi connectivity index (χ3v) is 4.61. The molecule has 2 N–H and O–H groups in total. The third kappa shape index (κ3) is 2.54. The summed E-state index contributed by atoms with van der Waals surface area (Å²) in [4.78, 5) is 2.41. The first-order valence-corrected chi connectivity index (χ1v) is 7.74. The van der Waals surface area contributed by atoms with Gasteiger partial charge in [-0.3, -0.25) is 5.10 Å². The second kappa shape index (κ2) is 5.70. The van der Waals surface area contributed by atoms with Crippen LogP contribution in [0.2, 0.25) is 5.02 Å². The van der Waals surface area contributed by atoms with Gasteiger partial charge in [-0.1, -0.05) is 18.2 Å². The highest BCUT2D eigenvalue weighted by Gasteiger charge is 2.22. The Morgan fingerprint density at radius 3 is 2.76 bits per heavy atom. The van der Waals surface area contributed by atoms with Crippen LogP contribution in [0.4, 0.5) is 5.69 Å². The zero-order valence-electron chi connectivity index (χ0n) is 12.5. The largest absolute Gasteiger partial charge is 0.370 e. The van der Waals surface area contributed by atoms with E-state index in [1.165, 1.54) is 5.69 Å². The fraction of sp³-hybridized carbons (Fsp3) is 0.438. The highest BCUT2D eigenvalue weighted by Crippen LogP contribution is 2.35. The monoisotopic (exact) mass is 304 g/mol. The molecule has 0 atom stereocenters. The Labute approximate surface area is 130 Å². The van der Waals surface area contributed by atoms with Crippen molar-refractivity contribution in [3.05, 3.63) is 29.4 Å². The standard InChI is InChI=1S/C16H21ClN4/c1-10(2)15-14-12(17)4-5-13(16(14)20-19-15)21-8-6-11(18-3)7-9-21/h4-5,11,18H,1,6-9H2,2-3H3,(H,19,20). The van der Waals surface area contributed by atoms with Gasteiger partial charge in [0.2, 0.25) is 0 Å². The van der Waals surface area contributed by atoms with Gasteiger partial charge in [0.05, 0.1) is 21.9 Å². The van der Waals surface area contributed by atoms with Gasteiger partial charge in [-0.2, -0.15) is 5.10 Å². The number of piperidine rings is 1. The first-order chi connectivity index (χ1) is 10.1. The number of anilines is 1. The van der Waals surface area contributed by atoms with Crippen molar-refractivity contribution in [2.24, 2.45) is 0 Å². The number of benzene rings is 1. The molecular formula is C16H21ClN4. The van der Waals surface area contributed by atoms with E-state index in [0.717, 1.165) is 53.1 Å². The Morgan fingerprint density at radius 1 is 1.43 bits per heavy atom. The Balaban J connectivity index is 2.01. The molecule has 3 rings (SSSR count). The summed E-state index contributed by atoms with van der Waals surface area (Å²) in [5.74, 6) is 0. The molecule has 0 radical (unpaired) electrons. The van der Waals surface area contributed by atoms with Crippen LogP contribution in [0, 0.1) is 0 Å². The molecule has 1 aliphatic rings. The number of nitrogens with one attached hydrogen (secondary N) is 2. The zero-order valence-corrected chi connectivity index (χ0v) is 13.3. The van der Waals surface area contributed by atoms with E-state index in [-0.39, 0.29) is 0 Å². The normalized spacial score (nSPS) is 16.6. The first-order valence-electron chi connectivity index (χ1n) is 7.36. The number of allylic oxidation sites excluding steroid dienone is 1. The number of hydrogen-bond acceptors (Lipinski definition) is 3. The molecule has 5 heteroatoms. The Kier molecular flexibility index (Phi) is 3.91. The topological polar surface area (TPSA) is 44.0 Å². The van der Waals surface area contributed by atoms with E-state index < -0.39 is 0 Å². The van der Waals surface area contributed by atoms with E-state index in [9.17, 15) is 0 Å². The van der Waals surface area contributed by atoms with Crippen LogP contribution in [0.25, 0.3) is 16.5 Å². The predicted molar refractivity (Wildman–Crippen MR) is 90.1 cm³/mol. The van der Waals surface area contributed by atoms with Gasteiger partial charge in [-0.15, -0.1) is 0 Å². The molecular weight excluding hydrogens is 284 g/mol. The second-order valence-corrected chi connectivity index (χ2v) is 6.13. The van der Waals surface area contributed by atoms with Gasteiger partial charge in [0, 0.05) is 24.5 Å². The molecule has 0 amide bonds. The molecule has 1 aromatic carbocycles. The second-order valence-electron chi connectivity index (χ2n) is 5.72. The Hall–Kier alpha value is -1.52. The molecule has 1 saturated heterocycles. The molecule has 2 heterocycles. The van der Waals surface area contributed by atoms with Crippen molar-refractivity contribution in [1.29, 1.82) is 0 Å². The van der Waals surface area contributed by atoms with Crippen molar-refractivity contribution < 1.29 is 0 Å². The number of aromatic amines is 1. The van der Waals surface area contributed by atoms with Crippen LogP contribution in [0.1, 0.15) is 25.5 Å². The summed E-state index contributed by atoms with van der Waals surface area (Å²) in [5.41, 5.74) is 3.99. The molecule has 1 aromatic heterocycles. The molecule has 21 heavy (non-hydrogen) atoms. The summed E-state index contributed by atoms with van der Waals surface area (Å²) in [6.07, 6.45) is 2.31. The summed E-state index contributed by atoms with van der Waals surface area (Å²) < 4.78 is 0. The number of H-pyrrole nitrogens is 1. The van der Waals surface area contributed by atoms with Crippen LogP contribution in [0.3, 0.4) is 0 Å². The van der Waals surface area contributed by atoms with E-state index in [4.69, 9.17) is 11.6 Å². The smallest absolute Gasteiger partial charge is 0.0966 e. The van der Waals surface area contributed by atoms with Gasteiger partial charge < -0.3 is 10.2 Å². The van der Waals surface area contributed by atoms with Gasteiger partial charge >= 0.3 is 0 Å². The molecule has 0 saturated carbocycles. The van der Waals surface area contributed by atoms with Crippen molar-refractivity contribution >= 4 is 33.8 Å². The molecule has 0 bridgehead atoms. The van der Waals surface area contributed by atoms with E-state index in [1.54, 1.807) is 0 Å². The maximum absolute atomic E-state index is 6.37. The predicted octanol–water partition coefficient (Wildman–Crippen LogP) is 3.44. The lowest BCUT2D eigenvalue weighted by atomic mass is 10.0. The fourth-order valence-electron chi connectivity index (χ4n) is 3.06. The Bertz CT molecular complexity index is 668. The van der Waals surface area contributed by atoms with Crippen molar-refractivity contribution in [2.75, 3.05) is 25.0 Å². The average molecular weight is 305 g/mol. The van der Waals surface area contributed by atoms with E-state index in [2.05, 4.69) is 33.1 Å². The average Bonchev–Trinajstić information content (AvgIpc) is 2.94. The van der Waals surface area contributed by atoms with Gasteiger partial charge in [-0.05, 0) is 44.5 Å². The number of nitrogens with zero attached hydrogens (tertiary/aromatic N) is 2. The minimum Gasteiger partial charge on any atom is -0.370 e. The summed E-state index contributed by atoms with van der Waals surface area (Å²) in [6, 6.07) is 4.67. The first kappa shape index (κ1) is 14.4. The summed E-state index contributed by atoms with van der Waals surface area (Å²) >= 11 is 6.37. The molecule has 2 aromatic rings. The van der Waals surface area contributed by atoms with Crippen LogP contribution in [-0.2, 0) is 0 Å². The highest BCUT2D eigenvalue weighted by atomic mass is 35.5. The van der Waals surface area contributed by atoms with Gasteiger partial charge in [0.15, 0.2) is 0 Å². The fourth-order valence-corrected chi connectivity index (χ4v) is 3.31. The molecule has 0 aliphatic carbocycles. The van der Waals surface area contributed by atoms with Gasteiger partial charge in [0.1, 0.15) is 0 Å². The van der Waals surface area contributed by atoms with Crippen molar-refractivity contribution in [3.63, 3.8) is 0 Å². The minimum atomic E-state index is 0.622. The van der Waals surface area contributed by atoms with Crippen LogP contribution in [-0.4, -0.2) is 36.4 Å². The molecule has 1 fully saturated rings. The quantitative estimate of drug-likeness (QED) is 0.913. The molecule has 4 nitrogen and oxygen atoms in total. The third-order valence-electron chi connectivity index (χ3n) is 4.30. The van der Waals surface area contributed by atoms with Crippen LogP contribution < -0.4 is 10.2 Å². The zero-order chi connectivity index (χ0) is 15.0. The van der Waals surface area contributed by atoms with E-state index >= 15 is 0 Å². The summed E-state index contributed by atoms with van der Waals surface area (Å²) in [5, 5.41) is 12.6. The van der Waals surface area contributed by atoms with Crippen molar-refractivity contribution in [2.45, 2.75) is 25.8 Å². The number of aromatic nitrogens is 2. The number of fused-ring (bicyclic) bond motifs is 1.